The number of nitrogens with zero attached hydrogens (tertiary/aromatic N) is 6. The maximum absolute atomic E-state index is 4.67. The van der Waals surface area contributed by atoms with Crippen molar-refractivity contribution in [1.29, 1.82) is 0 Å². The van der Waals surface area contributed by atoms with E-state index in [2.05, 4.69) is 45.8 Å². The van der Waals surface area contributed by atoms with Gasteiger partial charge in [0, 0.05) is 33.7 Å². The minimum absolute atomic E-state index is 0.709. The maximum Gasteiger partial charge on any atom is 0.163 e. The van der Waals surface area contributed by atoms with E-state index < -0.39 is 0 Å². The van der Waals surface area contributed by atoms with E-state index in [9.17, 15) is 0 Å². The number of aryl methyl sites for hydroxylation is 2. The van der Waals surface area contributed by atoms with Gasteiger partial charge in [-0.1, -0.05) is 13.8 Å². The first-order valence-electron chi connectivity index (χ1n) is 8.54. The molecule has 23 heavy (non-hydrogen) atoms. The van der Waals surface area contributed by atoms with Crippen LogP contribution in [0.25, 0.3) is 11.0 Å². The number of anilines is 1. The molecule has 1 aliphatic rings. The molecule has 0 amide bonds. The highest BCUT2D eigenvalue weighted by Crippen LogP contribution is 2.25. The molecule has 126 valence electrons. The third-order valence-corrected chi connectivity index (χ3v) is 4.57. The van der Waals surface area contributed by atoms with Crippen molar-refractivity contribution in [2.45, 2.75) is 27.2 Å². The molecule has 1 atom stereocenters. The third kappa shape index (κ3) is 3.47. The molecule has 6 heteroatoms. The van der Waals surface area contributed by atoms with Crippen molar-refractivity contribution in [3.63, 3.8) is 0 Å². The number of hydrogen-bond acceptors (Lipinski definition) is 5. The summed E-state index contributed by atoms with van der Waals surface area (Å²) in [6.45, 7) is 11.2. The van der Waals surface area contributed by atoms with Gasteiger partial charge in [-0.2, -0.15) is 5.10 Å². The molecule has 0 radical (unpaired) electrons. The topological polar surface area (TPSA) is 50.1 Å². The lowest BCUT2D eigenvalue weighted by atomic mass is 10.1. The number of aromatic nitrogens is 4. The number of rotatable bonds is 5. The molecule has 0 aromatic carbocycles. The van der Waals surface area contributed by atoms with Crippen LogP contribution in [0, 0.1) is 18.8 Å². The molecule has 1 fully saturated rings. The molecule has 1 aliphatic heterocycles. The first-order chi connectivity index (χ1) is 10.9. The maximum atomic E-state index is 4.67. The second-order valence-electron chi connectivity index (χ2n) is 7.29. The quantitative estimate of drug-likeness (QED) is 0.845. The highest BCUT2D eigenvalue weighted by molar-refractivity contribution is 5.86. The Hall–Kier alpha value is -1.69. The largest absolute Gasteiger partial charge is 0.359 e. The minimum atomic E-state index is 0.709. The van der Waals surface area contributed by atoms with Crippen molar-refractivity contribution >= 4 is 16.9 Å². The van der Waals surface area contributed by atoms with Crippen LogP contribution in [-0.2, 0) is 7.05 Å². The van der Waals surface area contributed by atoms with Crippen molar-refractivity contribution in [3.05, 3.63) is 12.0 Å². The molecule has 0 spiro atoms. The summed E-state index contributed by atoms with van der Waals surface area (Å²) in [5.74, 6) is 3.26. The Morgan fingerprint density at radius 2 is 2.13 bits per heavy atom. The molecule has 0 N–H and O–H groups in total. The second kappa shape index (κ2) is 6.43. The van der Waals surface area contributed by atoms with E-state index >= 15 is 0 Å². The third-order valence-electron chi connectivity index (χ3n) is 4.57. The SMILES string of the molecule is Cc1nc(N(C)CC2CCN(CC(C)C)C2)c2cnn(C)c2n1. The molecule has 0 aliphatic carbocycles. The standard InChI is InChI=1S/C17H28N6/c1-12(2)9-23-7-6-14(11-23)10-21(4)16-15-8-18-22(5)17(15)20-13(3)19-16/h8,12,14H,6-7,9-11H2,1-5H3. The lowest BCUT2D eigenvalue weighted by Gasteiger charge is -2.23. The van der Waals surface area contributed by atoms with Crippen molar-refractivity contribution < 1.29 is 0 Å². The molecule has 1 unspecified atom stereocenters. The first-order valence-corrected chi connectivity index (χ1v) is 8.54. The molecule has 2 aromatic rings. The molecule has 0 saturated carbocycles. The van der Waals surface area contributed by atoms with Gasteiger partial charge in [0.25, 0.3) is 0 Å². The zero-order valence-corrected chi connectivity index (χ0v) is 15.0. The molecule has 3 rings (SSSR count). The molecule has 1 saturated heterocycles. The lowest BCUT2D eigenvalue weighted by molar-refractivity contribution is 0.288. The van der Waals surface area contributed by atoms with Crippen LogP contribution in [0.15, 0.2) is 6.20 Å². The summed E-state index contributed by atoms with van der Waals surface area (Å²) in [5.41, 5.74) is 0.909. The van der Waals surface area contributed by atoms with E-state index in [4.69, 9.17) is 0 Å². The van der Waals surface area contributed by atoms with Gasteiger partial charge in [-0.05, 0) is 31.7 Å². The van der Waals surface area contributed by atoms with Crippen molar-refractivity contribution in [2.75, 3.05) is 38.1 Å². The van der Waals surface area contributed by atoms with Gasteiger partial charge in [0.1, 0.15) is 11.6 Å². The predicted molar refractivity (Wildman–Crippen MR) is 93.7 cm³/mol. The van der Waals surface area contributed by atoms with Gasteiger partial charge in [0.05, 0.1) is 11.6 Å². The van der Waals surface area contributed by atoms with Gasteiger partial charge in [-0.15, -0.1) is 0 Å². The van der Waals surface area contributed by atoms with E-state index in [1.165, 1.54) is 26.1 Å². The summed E-state index contributed by atoms with van der Waals surface area (Å²) in [6, 6.07) is 0. The molecule has 0 bridgehead atoms. The minimum Gasteiger partial charge on any atom is -0.359 e. The van der Waals surface area contributed by atoms with Crippen LogP contribution in [0.4, 0.5) is 5.82 Å². The van der Waals surface area contributed by atoms with Crippen LogP contribution in [-0.4, -0.2) is 57.9 Å². The highest BCUT2D eigenvalue weighted by Gasteiger charge is 2.25. The zero-order chi connectivity index (χ0) is 16.6. The average Bonchev–Trinajstić information content (AvgIpc) is 3.05. The Labute approximate surface area is 138 Å². The van der Waals surface area contributed by atoms with Gasteiger partial charge in [-0.25, -0.2) is 9.97 Å². The van der Waals surface area contributed by atoms with Gasteiger partial charge in [0.2, 0.25) is 0 Å². The van der Waals surface area contributed by atoms with E-state index in [-0.39, 0.29) is 0 Å². The molecular formula is C17H28N6. The van der Waals surface area contributed by atoms with E-state index in [1.807, 2.05) is 24.9 Å². The summed E-state index contributed by atoms with van der Waals surface area (Å²) < 4.78 is 1.82. The summed E-state index contributed by atoms with van der Waals surface area (Å²) in [7, 11) is 4.07. The molecule has 6 nitrogen and oxygen atoms in total. The van der Waals surface area contributed by atoms with Gasteiger partial charge in [0.15, 0.2) is 5.65 Å². The average molecular weight is 316 g/mol. The monoisotopic (exact) mass is 316 g/mol. The van der Waals surface area contributed by atoms with Crippen LogP contribution >= 0.6 is 0 Å². The Bertz CT molecular complexity index is 677. The van der Waals surface area contributed by atoms with Crippen LogP contribution in [0.1, 0.15) is 26.1 Å². The Kier molecular flexibility index (Phi) is 4.53. The van der Waals surface area contributed by atoms with E-state index in [0.717, 1.165) is 35.1 Å². The zero-order valence-electron chi connectivity index (χ0n) is 15.0. The normalized spacial score (nSPS) is 19.1. The Morgan fingerprint density at radius 1 is 1.35 bits per heavy atom. The van der Waals surface area contributed by atoms with Crippen LogP contribution in [0.2, 0.25) is 0 Å². The van der Waals surface area contributed by atoms with Gasteiger partial charge in [-0.3, -0.25) is 4.68 Å². The second-order valence-corrected chi connectivity index (χ2v) is 7.29. The molecule has 3 heterocycles. The smallest absolute Gasteiger partial charge is 0.163 e. The number of hydrogen-bond donors (Lipinski definition) is 0. The summed E-state index contributed by atoms with van der Waals surface area (Å²) in [4.78, 5) is 14.1. The van der Waals surface area contributed by atoms with E-state index in [1.54, 1.807) is 0 Å². The predicted octanol–water partition coefficient (Wildman–Crippen LogP) is 2.09. The lowest BCUT2D eigenvalue weighted by Crippen LogP contribution is -2.30. The van der Waals surface area contributed by atoms with E-state index in [0.29, 0.717) is 5.92 Å². The first kappa shape index (κ1) is 16.2. The summed E-state index contributed by atoms with van der Waals surface area (Å²) >= 11 is 0. The Morgan fingerprint density at radius 3 is 2.87 bits per heavy atom. The van der Waals surface area contributed by atoms with Crippen molar-refractivity contribution in [2.24, 2.45) is 18.9 Å². The Balaban J connectivity index is 1.73. The molecular weight excluding hydrogens is 288 g/mol. The van der Waals surface area contributed by atoms with Crippen LogP contribution < -0.4 is 4.90 Å². The summed E-state index contributed by atoms with van der Waals surface area (Å²) in [5, 5.41) is 5.38. The van der Waals surface area contributed by atoms with Gasteiger partial charge < -0.3 is 9.80 Å². The fraction of sp³-hybridized carbons (Fsp3) is 0.706. The van der Waals surface area contributed by atoms with Crippen molar-refractivity contribution in [1.82, 2.24) is 24.6 Å². The fourth-order valence-corrected chi connectivity index (χ4v) is 3.62. The molecule has 2 aromatic heterocycles. The number of likely N-dealkylation sites (tertiary alicyclic amines) is 1. The van der Waals surface area contributed by atoms with Gasteiger partial charge >= 0.3 is 0 Å². The summed E-state index contributed by atoms with van der Waals surface area (Å²) in [6.07, 6.45) is 3.15. The van der Waals surface area contributed by atoms with Crippen molar-refractivity contribution in [3.8, 4) is 0 Å². The van der Waals surface area contributed by atoms with Crippen LogP contribution in [0.5, 0.6) is 0 Å². The van der Waals surface area contributed by atoms with Crippen LogP contribution in [0.3, 0.4) is 0 Å². The highest BCUT2D eigenvalue weighted by atomic mass is 15.3. The number of fused-ring (bicyclic) bond motifs is 1. The fourth-order valence-electron chi connectivity index (χ4n) is 3.62.